The SMILES string of the molecule is CCOc1ccc(NC(=NC)NCCc2nc(CC)c(C)s2)cc1OC. The predicted molar refractivity (Wildman–Crippen MR) is 109 cm³/mol. The van der Waals surface area contributed by atoms with Crippen molar-refractivity contribution < 1.29 is 9.47 Å². The van der Waals surface area contributed by atoms with Crippen LogP contribution in [-0.2, 0) is 12.8 Å². The van der Waals surface area contributed by atoms with Crippen LogP contribution in [0.25, 0.3) is 0 Å². The van der Waals surface area contributed by atoms with E-state index >= 15 is 0 Å². The Balaban J connectivity index is 1.92. The highest BCUT2D eigenvalue weighted by Gasteiger charge is 2.08. The molecular formula is C19H28N4O2S. The van der Waals surface area contributed by atoms with E-state index in [0.29, 0.717) is 18.3 Å². The standard InChI is InChI=1S/C19H28N4O2S/c1-6-15-13(3)26-18(23-15)10-11-21-19(20-4)22-14-8-9-16(25-7-2)17(12-14)24-5/h8-9,12H,6-7,10-11H2,1-5H3,(H2,20,21,22). The Kier molecular flexibility index (Phi) is 7.72. The van der Waals surface area contributed by atoms with Crippen LogP contribution in [0.4, 0.5) is 5.69 Å². The van der Waals surface area contributed by atoms with Crippen molar-refractivity contribution in [2.24, 2.45) is 4.99 Å². The zero-order chi connectivity index (χ0) is 18.9. The second-order valence-electron chi connectivity index (χ2n) is 5.64. The molecule has 2 rings (SSSR count). The van der Waals surface area contributed by atoms with Gasteiger partial charge in [0.2, 0.25) is 0 Å². The number of methoxy groups -OCH3 is 1. The summed E-state index contributed by atoms with van der Waals surface area (Å²) in [6.07, 6.45) is 1.86. The summed E-state index contributed by atoms with van der Waals surface area (Å²) in [5.41, 5.74) is 2.09. The van der Waals surface area contributed by atoms with Crippen molar-refractivity contribution in [2.45, 2.75) is 33.6 Å². The van der Waals surface area contributed by atoms with Crippen LogP contribution in [-0.4, -0.2) is 38.3 Å². The minimum absolute atomic E-state index is 0.600. The quantitative estimate of drug-likeness (QED) is 0.544. The van der Waals surface area contributed by atoms with Crippen LogP contribution >= 0.6 is 11.3 Å². The van der Waals surface area contributed by atoms with Gasteiger partial charge in [-0.2, -0.15) is 0 Å². The summed E-state index contributed by atoms with van der Waals surface area (Å²) in [5.74, 6) is 2.13. The lowest BCUT2D eigenvalue weighted by Crippen LogP contribution is -2.32. The van der Waals surface area contributed by atoms with Crippen LogP contribution in [0.2, 0.25) is 0 Å². The first-order valence-electron chi connectivity index (χ1n) is 8.84. The Morgan fingerprint density at radius 1 is 1.27 bits per heavy atom. The van der Waals surface area contributed by atoms with Gasteiger partial charge in [-0.25, -0.2) is 4.98 Å². The second-order valence-corrected chi connectivity index (χ2v) is 6.92. The molecule has 0 saturated carbocycles. The van der Waals surface area contributed by atoms with Crippen LogP contribution in [0.5, 0.6) is 11.5 Å². The fourth-order valence-electron chi connectivity index (χ4n) is 2.55. The Labute approximate surface area is 159 Å². The molecule has 0 unspecified atom stereocenters. The van der Waals surface area contributed by atoms with E-state index in [-0.39, 0.29) is 0 Å². The third-order valence-corrected chi connectivity index (χ3v) is 4.93. The van der Waals surface area contributed by atoms with Gasteiger partial charge in [0.15, 0.2) is 17.5 Å². The summed E-state index contributed by atoms with van der Waals surface area (Å²) < 4.78 is 10.9. The first-order chi connectivity index (χ1) is 12.6. The average molecular weight is 377 g/mol. The number of nitrogens with zero attached hydrogens (tertiary/aromatic N) is 2. The maximum atomic E-state index is 5.54. The highest BCUT2D eigenvalue weighted by atomic mass is 32.1. The van der Waals surface area contributed by atoms with E-state index in [1.54, 1.807) is 25.5 Å². The van der Waals surface area contributed by atoms with Gasteiger partial charge in [0, 0.05) is 36.6 Å². The molecule has 2 N–H and O–H groups in total. The summed E-state index contributed by atoms with van der Waals surface area (Å²) in [6, 6.07) is 5.73. The molecule has 142 valence electrons. The van der Waals surface area contributed by atoms with Crippen LogP contribution in [0.3, 0.4) is 0 Å². The summed E-state index contributed by atoms with van der Waals surface area (Å²) in [4.78, 5) is 10.3. The molecule has 0 radical (unpaired) electrons. The molecule has 2 aromatic rings. The predicted octanol–water partition coefficient (Wildman–Crippen LogP) is 3.65. The molecule has 0 spiro atoms. The summed E-state index contributed by atoms with van der Waals surface area (Å²) in [5, 5.41) is 7.75. The number of aromatic nitrogens is 1. The minimum atomic E-state index is 0.600. The molecule has 0 amide bonds. The van der Waals surface area contributed by atoms with E-state index in [1.165, 1.54) is 10.6 Å². The van der Waals surface area contributed by atoms with Gasteiger partial charge >= 0.3 is 0 Å². The normalized spacial score (nSPS) is 11.3. The van der Waals surface area contributed by atoms with Crippen LogP contribution < -0.4 is 20.1 Å². The zero-order valence-corrected chi connectivity index (χ0v) is 17.0. The van der Waals surface area contributed by atoms with Gasteiger partial charge in [0.1, 0.15) is 0 Å². The molecule has 7 heteroatoms. The van der Waals surface area contributed by atoms with Gasteiger partial charge in [-0.1, -0.05) is 6.92 Å². The molecule has 0 bridgehead atoms. The Morgan fingerprint density at radius 3 is 2.69 bits per heavy atom. The maximum absolute atomic E-state index is 5.54. The number of benzene rings is 1. The molecule has 1 aromatic carbocycles. The largest absolute Gasteiger partial charge is 0.493 e. The number of rotatable bonds is 8. The number of anilines is 1. The third-order valence-electron chi connectivity index (χ3n) is 3.85. The lowest BCUT2D eigenvalue weighted by atomic mass is 10.2. The van der Waals surface area contributed by atoms with E-state index in [0.717, 1.165) is 35.8 Å². The van der Waals surface area contributed by atoms with E-state index in [2.05, 4.69) is 34.5 Å². The number of aliphatic imine (C=N–C) groups is 1. The lowest BCUT2D eigenvalue weighted by Gasteiger charge is -2.14. The van der Waals surface area contributed by atoms with E-state index in [4.69, 9.17) is 9.47 Å². The highest BCUT2D eigenvalue weighted by Crippen LogP contribution is 2.30. The number of guanidine groups is 1. The van der Waals surface area contributed by atoms with Crippen molar-refractivity contribution >= 4 is 23.0 Å². The Bertz CT molecular complexity index is 743. The van der Waals surface area contributed by atoms with Gasteiger partial charge in [-0.15, -0.1) is 11.3 Å². The summed E-state index contributed by atoms with van der Waals surface area (Å²) >= 11 is 1.77. The average Bonchev–Trinajstić information content (AvgIpc) is 3.01. The Hall–Kier alpha value is -2.28. The lowest BCUT2D eigenvalue weighted by molar-refractivity contribution is 0.311. The van der Waals surface area contributed by atoms with Gasteiger partial charge in [-0.05, 0) is 32.4 Å². The highest BCUT2D eigenvalue weighted by molar-refractivity contribution is 7.11. The molecule has 0 aliphatic heterocycles. The number of ether oxygens (including phenoxy) is 2. The monoisotopic (exact) mass is 376 g/mol. The molecule has 0 fully saturated rings. The van der Waals surface area contributed by atoms with Crippen molar-refractivity contribution in [3.63, 3.8) is 0 Å². The molecule has 0 aliphatic rings. The number of hydrogen-bond donors (Lipinski definition) is 2. The number of thiazole rings is 1. The zero-order valence-electron chi connectivity index (χ0n) is 16.2. The second kappa shape index (κ2) is 10.0. The van der Waals surface area contributed by atoms with Gasteiger partial charge in [0.05, 0.1) is 24.4 Å². The first-order valence-corrected chi connectivity index (χ1v) is 9.66. The minimum Gasteiger partial charge on any atom is -0.493 e. The summed E-state index contributed by atoms with van der Waals surface area (Å²) in [6.45, 7) is 7.59. The molecule has 26 heavy (non-hydrogen) atoms. The molecular weight excluding hydrogens is 348 g/mol. The third kappa shape index (κ3) is 5.36. The van der Waals surface area contributed by atoms with Crippen molar-refractivity contribution in [2.75, 3.05) is 32.6 Å². The van der Waals surface area contributed by atoms with Crippen molar-refractivity contribution in [1.29, 1.82) is 0 Å². The van der Waals surface area contributed by atoms with E-state index < -0.39 is 0 Å². The topological polar surface area (TPSA) is 67.8 Å². The van der Waals surface area contributed by atoms with Gasteiger partial charge in [0.25, 0.3) is 0 Å². The van der Waals surface area contributed by atoms with Crippen molar-refractivity contribution in [1.82, 2.24) is 10.3 Å². The maximum Gasteiger partial charge on any atom is 0.195 e. The van der Waals surface area contributed by atoms with Crippen molar-refractivity contribution in [3.8, 4) is 11.5 Å². The van der Waals surface area contributed by atoms with Crippen LogP contribution in [0.15, 0.2) is 23.2 Å². The van der Waals surface area contributed by atoms with Crippen molar-refractivity contribution in [3.05, 3.63) is 33.8 Å². The fourth-order valence-corrected chi connectivity index (χ4v) is 3.57. The molecule has 0 atom stereocenters. The van der Waals surface area contributed by atoms with Gasteiger partial charge in [-0.3, -0.25) is 4.99 Å². The molecule has 6 nitrogen and oxygen atoms in total. The molecule has 1 heterocycles. The fraction of sp³-hybridized carbons (Fsp3) is 0.474. The number of aryl methyl sites for hydroxylation is 2. The van der Waals surface area contributed by atoms with Gasteiger partial charge < -0.3 is 20.1 Å². The van der Waals surface area contributed by atoms with E-state index in [9.17, 15) is 0 Å². The smallest absolute Gasteiger partial charge is 0.195 e. The van der Waals surface area contributed by atoms with Crippen LogP contribution in [0, 0.1) is 6.92 Å². The molecule has 0 saturated heterocycles. The number of hydrogen-bond acceptors (Lipinski definition) is 5. The van der Waals surface area contributed by atoms with E-state index in [1.807, 2.05) is 25.1 Å². The summed E-state index contributed by atoms with van der Waals surface area (Å²) in [7, 11) is 3.39. The first kappa shape index (κ1) is 20.0. The van der Waals surface area contributed by atoms with Crippen LogP contribution in [0.1, 0.15) is 29.4 Å². The number of nitrogens with one attached hydrogen (secondary N) is 2. The molecule has 1 aromatic heterocycles. The Morgan fingerprint density at radius 2 is 2.08 bits per heavy atom. The molecule has 0 aliphatic carbocycles.